The van der Waals surface area contributed by atoms with Crippen LogP contribution in [0.2, 0.25) is 0 Å². The second kappa shape index (κ2) is 15.7. The number of methoxy groups -OCH3 is 1. The molecule has 0 saturated heterocycles. The molecule has 1 amide bonds. The number of ether oxygens (including phenoxy) is 1. The largest absolute Gasteiger partial charge is 0.383 e. The summed E-state index contributed by atoms with van der Waals surface area (Å²) in [5, 5.41) is 2.44. The minimum absolute atomic E-state index is 0.582. The first-order chi connectivity index (χ1) is 4.41. The molecule has 1 N–H and O–H groups in total. The van der Waals surface area contributed by atoms with E-state index in [0.717, 1.165) is 0 Å². The number of hydrogen-bond acceptors (Lipinski definition) is 2. The second-order valence-electron chi connectivity index (χ2n) is 1.06. The molecular formula is C6H15NO2. The van der Waals surface area contributed by atoms with Gasteiger partial charge in [0.2, 0.25) is 6.41 Å². The summed E-state index contributed by atoms with van der Waals surface area (Å²) in [6, 6.07) is 0. The molecule has 0 spiro atoms. The van der Waals surface area contributed by atoms with Crippen molar-refractivity contribution in [2.45, 2.75) is 13.8 Å². The molecule has 3 heteroatoms. The normalized spacial score (nSPS) is 7.00. The fourth-order valence-electron chi connectivity index (χ4n) is 0.220. The maximum Gasteiger partial charge on any atom is 0.207 e. The molecule has 0 aliphatic carbocycles. The summed E-state index contributed by atoms with van der Waals surface area (Å²) < 4.78 is 4.62. The lowest BCUT2D eigenvalue weighted by molar-refractivity contribution is -0.109. The van der Waals surface area contributed by atoms with Gasteiger partial charge in [-0.15, -0.1) is 0 Å². The van der Waals surface area contributed by atoms with Gasteiger partial charge in [0.15, 0.2) is 0 Å². The molecule has 0 aliphatic heterocycles. The molecule has 3 nitrogen and oxygen atoms in total. The number of carbonyl (C=O) groups is 1. The summed E-state index contributed by atoms with van der Waals surface area (Å²) in [6.45, 7) is 5.18. The van der Waals surface area contributed by atoms with Crippen LogP contribution in [-0.2, 0) is 9.53 Å². The highest BCUT2D eigenvalue weighted by atomic mass is 16.5. The van der Waals surface area contributed by atoms with E-state index in [1.807, 2.05) is 13.8 Å². The lowest BCUT2D eigenvalue weighted by Crippen LogP contribution is -2.16. The Morgan fingerprint density at radius 2 is 2.11 bits per heavy atom. The topological polar surface area (TPSA) is 38.3 Å². The standard InChI is InChI=1S/C4H9NO2.C2H6/c1-7-3-2-5-4-6;1-2/h4H,2-3H2,1H3,(H,5,6);1-2H3. The van der Waals surface area contributed by atoms with Gasteiger partial charge in [-0.1, -0.05) is 13.8 Å². The molecule has 0 fully saturated rings. The van der Waals surface area contributed by atoms with E-state index in [-0.39, 0.29) is 0 Å². The molecule has 0 heterocycles. The van der Waals surface area contributed by atoms with Gasteiger partial charge in [-0.3, -0.25) is 4.79 Å². The van der Waals surface area contributed by atoms with E-state index in [0.29, 0.717) is 19.6 Å². The molecule has 0 aliphatic rings. The van der Waals surface area contributed by atoms with Gasteiger partial charge in [0.1, 0.15) is 0 Å². The monoisotopic (exact) mass is 133 g/mol. The average molecular weight is 133 g/mol. The van der Waals surface area contributed by atoms with Gasteiger partial charge in [0.05, 0.1) is 6.61 Å². The molecule has 0 bridgehead atoms. The Kier molecular flexibility index (Phi) is 19.6. The highest BCUT2D eigenvalue weighted by Crippen LogP contribution is 1.58. The molecule has 0 saturated carbocycles. The first-order valence-corrected chi connectivity index (χ1v) is 3.07. The maximum atomic E-state index is 9.51. The van der Waals surface area contributed by atoms with E-state index < -0.39 is 0 Å². The molecule has 56 valence electrons. The third-order valence-electron chi connectivity index (χ3n) is 0.534. The summed E-state index contributed by atoms with van der Waals surface area (Å²) in [4.78, 5) is 9.51. The van der Waals surface area contributed by atoms with Crippen LogP contribution >= 0.6 is 0 Å². The Morgan fingerprint density at radius 1 is 1.56 bits per heavy atom. The van der Waals surface area contributed by atoms with E-state index in [9.17, 15) is 4.79 Å². The molecule has 9 heavy (non-hydrogen) atoms. The average Bonchev–Trinajstić information content (AvgIpc) is 1.94. The third-order valence-corrected chi connectivity index (χ3v) is 0.534. The Hall–Kier alpha value is -0.570. The summed E-state index contributed by atoms with van der Waals surface area (Å²) in [5.74, 6) is 0. The van der Waals surface area contributed by atoms with E-state index >= 15 is 0 Å². The highest BCUT2D eigenvalue weighted by molar-refractivity contribution is 5.45. The van der Waals surface area contributed by atoms with Crippen molar-refractivity contribution < 1.29 is 9.53 Å². The van der Waals surface area contributed by atoms with Crippen LogP contribution in [0.25, 0.3) is 0 Å². The van der Waals surface area contributed by atoms with Crippen LogP contribution in [0.3, 0.4) is 0 Å². The molecule has 0 atom stereocenters. The van der Waals surface area contributed by atoms with Crippen LogP contribution in [0.15, 0.2) is 0 Å². The van der Waals surface area contributed by atoms with Crippen molar-refractivity contribution in [1.29, 1.82) is 0 Å². The zero-order valence-electron chi connectivity index (χ0n) is 6.31. The van der Waals surface area contributed by atoms with Crippen molar-refractivity contribution in [3.63, 3.8) is 0 Å². The smallest absolute Gasteiger partial charge is 0.207 e. The van der Waals surface area contributed by atoms with E-state index in [1.54, 1.807) is 7.11 Å². The number of rotatable bonds is 4. The summed E-state index contributed by atoms with van der Waals surface area (Å²) in [5.41, 5.74) is 0. The second-order valence-corrected chi connectivity index (χ2v) is 1.06. The molecule has 0 aromatic rings. The lowest BCUT2D eigenvalue weighted by Gasteiger charge is -1.92. The van der Waals surface area contributed by atoms with Gasteiger partial charge in [-0.2, -0.15) is 0 Å². The van der Waals surface area contributed by atoms with Crippen molar-refractivity contribution in [3.05, 3.63) is 0 Å². The van der Waals surface area contributed by atoms with Crippen LogP contribution in [0.4, 0.5) is 0 Å². The predicted molar refractivity (Wildman–Crippen MR) is 37.3 cm³/mol. The van der Waals surface area contributed by atoms with Gasteiger partial charge in [0, 0.05) is 13.7 Å². The summed E-state index contributed by atoms with van der Waals surface area (Å²) >= 11 is 0. The molecule has 0 rings (SSSR count). The number of hydrogen-bond donors (Lipinski definition) is 1. The molecule has 0 aromatic carbocycles. The van der Waals surface area contributed by atoms with Crippen molar-refractivity contribution in [1.82, 2.24) is 5.32 Å². The number of nitrogens with one attached hydrogen (secondary N) is 1. The molecular weight excluding hydrogens is 118 g/mol. The van der Waals surface area contributed by atoms with Gasteiger partial charge >= 0.3 is 0 Å². The van der Waals surface area contributed by atoms with Crippen LogP contribution in [-0.4, -0.2) is 26.7 Å². The minimum atomic E-state index is 0.582. The van der Waals surface area contributed by atoms with Crippen molar-refractivity contribution in [2.75, 3.05) is 20.3 Å². The van der Waals surface area contributed by atoms with Gasteiger partial charge in [-0.25, -0.2) is 0 Å². The Labute approximate surface area is 56.4 Å². The van der Waals surface area contributed by atoms with Gasteiger partial charge < -0.3 is 10.1 Å². The van der Waals surface area contributed by atoms with Crippen LogP contribution in [0.1, 0.15) is 13.8 Å². The van der Waals surface area contributed by atoms with Crippen molar-refractivity contribution >= 4 is 6.41 Å². The number of amides is 1. The van der Waals surface area contributed by atoms with Crippen LogP contribution < -0.4 is 5.32 Å². The van der Waals surface area contributed by atoms with E-state index in [2.05, 4.69) is 10.1 Å². The zero-order valence-corrected chi connectivity index (χ0v) is 6.31. The molecule has 0 unspecified atom stereocenters. The summed E-state index contributed by atoms with van der Waals surface area (Å²) in [7, 11) is 1.59. The fraction of sp³-hybridized carbons (Fsp3) is 0.833. The first-order valence-electron chi connectivity index (χ1n) is 3.07. The Bertz CT molecular complexity index is 48.3. The highest BCUT2D eigenvalue weighted by Gasteiger charge is 1.75. The first kappa shape index (κ1) is 11.3. The molecule has 0 radical (unpaired) electrons. The summed E-state index contributed by atoms with van der Waals surface area (Å²) in [6.07, 6.45) is 0.652. The quantitative estimate of drug-likeness (QED) is 0.445. The van der Waals surface area contributed by atoms with Gasteiger partial charge in [0.25, 0.3) is 0 Å². The van der Waals surface area contributed by atoms with Crippen molar-refractivity contribution in [3.8, 4) is 0 Å². The van der Waals surface area contributed by atoms with E-state index in [4.69, 9.17) is 0 Å². The Morgan fingerprint density at radius 3 is 2.44 bits per heavy atom. The third kappa shape index (κ3) is 18.6. The zero-order chi connectivity index (χ0) is 7.54. The van der Waals surface area contributed by atoms with Gasteiger partial charge in [-0.05, 0) is 0 Å². The van der Waals surface area contributed by atoms with Crippen LogP contribution in [0, 0.1) is 0 Å². The molecule has 0 aromatic heterocycles. The van der Waals surface area contributed by atoms with Crippen LogP contribution in [0.5, 0.6) is 0 Å². The SMILES string of the molecule is CC.COCCNC=O. The maximum absolute atomic E-state index is 9.51. The number of carbonyl (C=O) groups excluding carboxylic acids is 1. The predicted octanol–water partition coefficient (Wildman–Crippen LogP) is 0.405. The Balaban J connectivity index is 0. The minimum Gasteiger partial charge on any atom is -0.383 e. The fourth-order valence-corrected chi connectivity index (χ4v) is 0.220. The van der Waals surface area contributed by atoms with Crippen molar-refractivity contribution in [2.24, 2.45) is 0 Å². The lowest BCUT2D eigenvalue weighted by atomic mass is 10.7. The van der Waals surface area contributed by atoms with E-state index in [1.165, 1.54) is 0 Å².